The lowest BCUT2D eigenvalue weighted by molar-refractivity contribution is 0.0920. The lowest BCUT2D eigenvalue weighted by Gasteiger charge is -2.12. The second-order valence-electron chi connectivity index (χ2n) is 3.63. The number of rotatable bonds is 3. The largest absolute Gasteiger partial charge is 0.366 e. The van der Waals surface area contributed by atoms with E-state index >= 15 is 0 Å². The summed E-state index contributed by atoms with van der Waals surface area (Å²) in [6.07, 6.45) is 3.03. The van der Waals surface area contributed by atoms with Crippen molar-refractivity contribution in [2.45, 2.75) is 31.7 Å². The van der Waals surface area contributed by atoms with Crippen LogP contribution < -0.4 is 11.1 Å². The molecule has 6 heteroatoms. The predicted octanol–water partition coefficient (Wildman–Crippen LogP) is 0.0593. The smallest absolute Gasteiger partial charge is 0.289 e. The summed E-state index contributed by atoms with van der Waals surface area (Å²) in [6, 6.07) is 0. The van der Waals surface area contributed by atoms with E-state index in [1.807, 2.05) is 0 Å². The van der Waals surface area contributed by atoms with Gasteiger partial charge in [-0.3, -0.25) is 9.89 Å². The van der Waals surface area contributed by atoms with Gasteiger partial charge in [-0.2, -0.15) is 4.98 Å². The van der Waals surface area contributed by atoms with Gasteiger partial charge in [0, 0.05) is 5.54 Å². The van der Waals surface area contributed by atoms with Crippen LogP contribution in [0.5, 0.6) is 0 Å². The van der Waals surface area contributed by atoms with Crippen molar-refractivity contribution in [2.75, 3.05) is 5.73 Å². The van der Waals surface area contributed by atoms with Gasteiger partial charge in [-0.1, -0.05) is 6.92 Å². The topological polar surface area (TPSA) is 96.7 Å². The average Bonchev–Trinajstić information content (AvgIpc) is 2.80. The van der Waals surface area contributed by atoms with Crippen molar-refractivity contribution in [1.29, 1.82) is 0 Å². The summed E-state index contributed by atoms with van der Waals surface area (Å²) in [5.41, 5.74) is 5.29. The summed E-state index contributed by atoms with van der Waals surface area (Å²) in [6.45, 7) is 2.06. The molecular formula is C8H13N5O. The van der Waals surface area contributed by atoms with Crippen LogP contribution in [0.25, 0.3) is 0 Å². The molecule has 1 aliphatic rings. The fraction of sp³-hybridized carbons (Fsp3) is 0.625. The Balaban J connectivity index is 2.03. The Morgan fingerprint density at radius 3 is 2.86 bits per heavy atom. The number of nitrogens with zero attached hydrogens (tertiary/aromatic N) is 2. The molecule has 4 N–H and O–H groups in total. The van der Waals surface area contributed by atoms with E-state index in [4.69, 9.17) is 5.73 Å². The van der Waals surface area contributed by atoms with Crippen LogP contribution in [0, 0.1) is 0 Å². The number of hydrogen-bond acceptors (Lipinski definition) is 4. The highest BCUT2D eigenvalue weighted by Crippen LogP contribution is 2.38. The number of anilines is 1. The molecule has 14 heavy (non-hydrogen) atoms. The molecule has 0 saturated heterocycles. The van der Waals surface area contributed by atoms with Gasteiger partial charge >= 0.3 is 0 Å². The van der Waals surface area contributed by atoms with E-state index in [2.05, 4.69) is 27.4 Å². The molecule has 0 aromatic carbocycles. The highest BCUT2D eigenvalue weighted by Gasteiger charge is 2.42. The number of nitrogens with one attached hydrogen (secondary N) is 2. The normalized spacial score (nSPS) is 17.8. The van der Waals surface area contributed by atoms with Crippen LogP contribution in [0.3, 0.4) is 0 Å². The van der Waals surface area contributed by atoms with E-state index in [0.29, 0.717) is 0 Å². The molecule has 0 spiro atoms. The molecule has 0 aliphatic heterocycles. The Bertz CT molecular complexity index is 354. The molecule has 6 nitrogen and oxygen atoms in total. The second-order valence-corrected chi connectivity index (χ2v) is 3.63. The molecule has 1 aliphatic carbocycles. The first-order valence-corrected chi connectivity index (χ1v) is 4.65. The van der Waals surface area contributed by atoms with E-state index in [9.17, 15) is 4.79 Å². The van der Waals surface area contributed by atoms with E-state index in [0.717, 1.165) is 19.3 Å². The number of H-pyrrole nitrogens is 1. The zero-order valence-electron chi connectivity index (χ0n) is 8.00. The maximum atomic E-state index is 11.6. The number of hydrogen-bond donors (Lipinski definition) is 3. The molecule has 76 valence electrons. The van der Waals surface area contributed by atoms with Crippen LogP contribution in [0.2, 0.25) is 0 Å². The summed E-state index contributed by atoms with van der Waals surface area (Å²) < 4.78 is 0. The third-order valence-electron chi connectivity index (χ3n) is 2.63. The van der Waals surface area contributed by atoms with Crippen LogP contribution in [0.1, 0.15) is 36.8 Å². The van der Waals surface area contributed by atoms with E-state index in [1.54, 1.807) is 0 Å². The van der Waals surface area contributed by atoms with E-state index < -0.39 is 0 Å². The molecule has 1 fully saturated rings. The average molecular weight is 195 g/mol. The maximum absolute atomic E-state index is 11.6. The number of carbonyl (C=O) groups is 1. The zero-order chi connectivity index (χ0) is 10.2. The van der Waals surface area contributed by atoms with Crippen molar-refractivity contribution in [3.8, 4) is 0 Å². The molecule has 2 rings (SSSR count). The fourth-order valence-electron chi connectivity index (χ4n) is 1.39. The number of carbonyl (C=O) groups excluding carboxylic acids is 1. The van der Waals surface area contributed by atoms with Crippen molar-refractivity contribution in [1.82, 2.24) is 20.5 Å². The number of amides is 1. The molecule has 1 heterocycles. The summed E-state index contributed by atoms with van der Waals surface area (Å²) >= 11 is 0. The standard InChI is InChI=1S/C8H13N5O/c1-2-8(3-4-8)11-6(14)5-10-7(9)13-12-5/h2-4H2,1H3,(H,11,14)(H3,9,10,12,13). The second kappa shape index (κ2) is 2.97. The van der Waals surface area contributed by atoms with Gasteiger partial charge in [0.05, 0.1) is 0 Å². The van der Waals surface area contributed by atoms with Crippen molar-refractivity contribution in [3.05, 3.63) is 5.82 Å². The van der Waals surface area contributed by atoms with Crippen LogP contribution >= 0.6 is 0 Å². The first-order chi connectivity index (χ1) is 6.65. The van der Waals surface area contributed by atoms with Crippen molar-refractivity contribution in [2.24, 2.45) is 0 Å². The summed E-state index contributed by atoms with van der Waals surface area (Å²) in [5, 5.41) is 8.99. The molecule has 0 atom stereocenters. The third-order valence-corrected chi connectivity index (χ3v) is 2.63. The minimum absolute atomic E-state index is 0.00135. The minimum atomic E-state index is -0.228. The van der Waals surface area contributed by atoms with E-state index in [1.165, 1.54) is 0 Å². The number of aromatic amines is 1. The number of nitrogens with two attached hydrogens (primary N) is 1. The summed E-state index contributed by atoms with van der Waals surface area (Å²) in [7, 11) is 0. The molecule has 1 aromatic heterocycles. The van der Waals surface area contributed by atoms with Crippen LogP contribution in [0.4, 0.5) is 5.95 Å². The van der Waals surface area contributed by atoms with Gasteiger partial charge in [-0.05, 0) is 19.3 Å². The van der Waals surface area contributed by atoms with Gasteiger partial charge in [0.15, 0.2) is 0 Å². The first kappa shape index (κ1) is 8.98. The maximum Gasteiger partial charge on any atom is 0.289 e. The Morgan fingerprint density at radius 2 is 2.43 bits per heavy atom. The molecule has 0 bridgehead atoms. The first-order valence-electron chi connectivity index (χ1n) is 4.65. The van der Waals surface area contributed by atoms with Crippen LogP contribution in [0.15, 0.2) is 0 Å². The highest BCUT2D eigenvalue weighted by molar-refractivity contribution is 5.91. The van der Waals surface area contributed by atoms with E-state index in [-0.39, 0.29) is 23.2 Å². The Labute approximate surface area is 81.3 Å². The molecule has 1 saturated carbocycles. The van der Waals surface area contributed by atoms with Crippen molar-refractivity contribution >= 4 is 11.9 Å². The van der Waals surface area contributed by atoms with Crippen LogP contribution in [-0.2, 0) is 0 Å². The Kier molecular flexibility index (Phi) is 1.90. The lowest BCUT2D eigenvalue weighted by atomic mass is 10.2. The predicted molar refractivity (Wildman–Crippen MR) is 50.5 cm³/mol. The molecular weight excluding hydrogens is 182 g/mol. The lowest BCUT2D eigenvalue weighted by Crippen LogP contribution is -2.36. The molecule has 1 aromatic rings. The molecule has 0 unspecified atom stereocenters. The minimum Gasteiger partial charge on any atom is -0.366 e. The number of aromatic nitrogens is 3. The van der Waals surface area contributed by atoms with Crippen molar-refractivity contribution in [3.63, 3.8) is 0 Å². The monoisotopic (exact) mass is 195 g/mol. The van der Waals surface area contributed by atoms with Gasteiger partial charge in [0.25, 0.3) is 5.91 Å². The van der Waals surface area contributed by atoms with Crippen molar-refractivity contribution < 1.29 is 4.79 Å². The number of nitrogen functional groups attached to an aromatic ring is 1. The van der Waals surface area contributed by atoms with Gasteiger partial charge in [0.2, 0.25) is 11.8 Å². The molecule has 0 radical (unpaired) electrons. The summed E-state index contributed by atoms with van der Waals surface area (Å²) in [4.78, 5) is 15.3. The Hall–Kier alpha value is -1.59. The molecule has 1 amide bonds. The SMILES string of the molecule is CCC1(NC(=O)c2nc(N)n[nH]2)CC1. The van der Waals surface area contributed by atoms with Crippen LogP contribution in [-0.4, -0.2) is 26.6 Å². The van der Waals surface area contributed by atoms with Gasteiger partial charge in [0.1, 0.15) is 0 Å². The zero-order valence-corrected chi connectivity index (χ0v) is 8.00. The van der Waals surface area contributed by atoms with Gasteiger partial charge in [-0.25, -0.2) is 0 Å². The quantitative estimate of drug-likeness (QED) is 0.635. The third kappa shape index (κ3) is 1.55. The van der Waals surface area contributed by atoms with Gasteiger partial charge in [-0.15, -0.1) is 5.10 Å². The van der Waals surface area contributed by atoms with Gasteiger partial charge < -0.3 is 11.1 Å². The fourth-order valence-corrected chi connectivity index (χ4v) is 1.39. The summed E-state index contributed by atoms with van der Waals surface area (Å²) in [5.74, 6) is 0.0484. The Morgan fingerprint density at radius 1 is 1.71 bits per heavy atom. The highest BCUT2D eigenvalue weighted by atomic mass is 16.2.